The molecular formula is C16H24Br2O3S. The van der Waals surface area contributed by atoms with E-state index in [1.165, 1.54) is 12.0 Å². The van der Waals surface area contributed by atoms with Crippen molar-refractivity contribution in [2.45, 2.75) is 54.6 Å². The first-order valence-electron chi connectivity index (χ1n) is 7.70. The van der Waals surface area contributed by atoms with Crippen LogP contribution in [0.5, 0.6) is 0 Å². The molecule has 0 saturated heterocycles. The lowest BCUT2D eigenvalue weighted by Gasteiger charge is -2.20. The van der Waals surface area contributed by atoms with Crippen LogP contribution in [0, 0.1) is 0 Å². The fraction of sp³-hybridized carbons (Fsp3) is 0.625. The highest BCUT2D eigenvalue weighted by Gasteiger charge is 2.23. The fourth-order valence-electron chi connectivity index (χ4n) is 2.34. The van der Waals surface area contributed by atoms with Crippen molar-refractivity contribution in [1.82, 2.24) is 0 Å². The minimum absolute atomic E-state index is 0.111. The standard InChI is InChI=1S/C16H24Br2O3S/c17-16(18,15-11-7-6-8-12-15)13-9-4-2-1-3-5-10-14-22(19,20)21/h6-8,11-12H,1-5,9-10,13-14H2,(H,19,20,21). The van der Waals surface area contributed by atoms with Crippen LogP contribution in [0.4, 0.5) is 0 Å². The lowest BCUT2D eigenvalue weighted by molar-refractivity contribution is 0.478. The molecule has 0 unspecified atom stereocenters. The molecule has 0 radical (unpaired) electrons. The van der Waals surface area contributed by atoms with Crippen LogP contribution in [-0.4, -0.2) is 18.7 Å². The summed E-state index contributed by atoms with van der Waals surface area (Å²) in [5.74, 6) is -0.111. The van der Waals surface area contributed by atoms with E-state index in [-0.39, 0.29) is 8.99 Å². The largest absolute Gasteiger partial charge is 0.286 e. The number of hydrogen-bond donors (Lipinski definition) is 1. The molecule has 6 heteroatoms. The summed E-state index contributed by atoms with van der Waals surface area (Å²) >= 11 is 7.50. The molecule has 0 atom stereocenters. The van der Waals surface area contributed by atoms with Gasteiger partial charge in [0.1, 0.15) is 3.23 Å². The van der Waals surface area contributed by atoms with Gasteiger partial charge < -0.3 is 0 Å². The van der Waals surface area contributed by atoms with E-state index in [0.717, 1.165) is 38.5 Å². The van der Waals surface area contributed by atoms with Crippen LogP contribution < -0.4 is 0 Å². The van der Waals surface area contributed by atoms with Gasteiger partial charge in [0.15, 0.2) is 0 Å². The molecule has 1 N–H and O–H groups in total. The Balaban J connectivity index is 2.06. The normalized spacial score (nSPS) is 12.5. The molecule has 126 valence electrons. The monoisotopic (exact) mass is 454 g/mol. The molecule has 1 aromatic carbocycles. The molecule has 0 amide bonds. The molecule has 0 spiro atoms. The highest BCUT2D eigenvalue weighted by Crippen LogP contribution is 2.42. The van der Waals surface area contributed by atoms with Crippen molar-refractivity contribution in [3.8, 4) is 0 Å². The van der Waals surface area contributed by atoms with Crippen molar-refractivity contribution in [3.05, 3.63) is 35.9 Å². The Hall–Kier alpha value is 0.0900. The molecule has 0 aliphatic heterocycles. The molecule has 1 aromatic rings. The van der Waals surface area contributed by atoms with E-state index in [1.54, 1.807) is 0 Å². The third-order valence-electron chi connectivity index (χ3n) is 3.59. The molecule has 0 bridgehead atoms. The third-order valence-corrected chi connectivity index (χ3v) is 6.10. The fourth-order valence-corrected chi connectivity index (χ4v) is 4.00. The average molecular weight is 456 g/mol. The third kappa shape index (κ3) is 9.28. The van der Waals surface area contributed by atoms with Crippen LogP contribution in [0.1, 0.15) is 56.9 Å². The van der Waals surface area contributed by atoms with Crippen molar-refractivity contribution >= 4 is 42.0 Å². The van der Waals surface area contributed by atoms with Gasteiger partial charge >= 0.3 is 0 Å². The Morgan fingerprint density at radius 2 is 1.36 bits per heavy atom. The van der Waals surface area contributed by atoms with E-state index >= 15 is 0 Å². The molecule has 22 heavy (non-hydrogen) atoms. The molecular weight excluding hydrogens is 432 g/mol. The maximum Gasteiger partial charge on any atom is 0.264 e. The minimum atomic E-state index is -3.78. The Bertz CT molecular complexity index is 515. The minimum Gasteiger partial charge on any atom is -0.286 e. The van der Waals surface area contributed by atoms with E-state index in [4.69, 9.17) is 4.55 Å². The van der Waals surface area contributed by atoms with Gasteiger partial charge in [-0.25, -0.2) is 0 Å². The first-order valence-corrected chi connectivity index (χ1v) is 10.9. The summed E-state index contributed by atoms with van der Waals surface area (Å²) in [7, 11) is -3.78. The smallest absolute Gasteiger partial charge is 0.264 e. The Morgan fingerprint density at radius 1 is 0.864 bits per heavy atom. The molecule has 0 aliphatic rings. The van der Waals surface area contributed by atoms with Crippen LogP contribution >= 0.6 is 31.9 Å². The summed E-state index contributed by atoms with van der Waals surface area (Å²) in [5, 5.41) is 0. The maximum absolute atomic E-state index is 10.6. The molecule has 3 nitrogen and oxygen atoms in total. The molecule has 0 fully saturated rings. The van der Waals surface area contributed by atoms with Crippen molar-refractivity contribution < 1.29 is 13.0 Å². The second kappa shape index (κ2) is 10.1. The molecule has 0 heterocycles. The van der Waals surface area contributed by atoms with Crippen LogP contribution in [0.25, 0.3) is 0 Å². The van der Waals surface area contributed by atoms with Gasteiger partial charge in [0.05, 0.1) is 5.75 Å². The van der Waals surface area contributed by atoms with Crippen LogP contribution in [0.2, 0.25) is 0 Å². The van der Waals surface area contributed by atoms with Crippen molar-refractivity contribution in [1.29, 1.82) is 0 Å². The zero-order valence-electron chi connectivity index (χ0n) is 12.7. The zero-order chi connectivity index (χ0) is 16.5. The molecule has 0 aliphatic carbocycles. The summed E-state index contributed by atoms with van der Waals surface area (Å²) in [6, 6.07) is 10.3. The summed E-state index contributed by atoms with van der Waals surface area (Å²) in [6.45, 7) is 0. The lowest BCUT2D eigenvalue weighted by Crippen LogP contribution is -2.08. The molecule has 0 saturated carbocycles. The quantitative estimate of drug-likeness (QED) is 0.267. The Labute approximate surface area is 150 Å². The van der Waals surface area contributed by atoms with Crippen LogP contribution in [0.3, 0.4) is 0 Å². The van der Waals surface area contributed by atoms with Gasteiger partial charge in [-0.05, 0) is 18.4 Å². The van der Waals surface area contributed by atoms with Crippen LogP contribution in [0.15, 0.2) is 30.3 Å². The predicted molar refractivity (Wildman–Crippen MR) is 99.3 cm³/mol. The molecule has 1 rings (SSSR count). The van der Waals surface area contributed by atoms with Gasteiger partial charge in [-0.3, -0.25) is 4.55 Å². The second-order valence-electron chi connectivity index (χ2n) is 5.58. The number of hydrogen-bond acceptors (Lipinski definition) is 2. The highest BCUT2D eigenvalue weighted by molar-refractivity contribution is 9.24. The zero-order valence-corrected chi connectivity index (χ0v) is 16.7. The van der Waals surface area contributed by atoms with Crippen LogP contribution in [-0.2, 0) is 13.4 Å². The SMILES string of the molecule is O=S(=O)(O)CCCCCCCCCC(Br)(Br)c1ccccc1. The Kier molecular flexibility index (Phi) is 9.21. The molecule has 0 aromatic heterocycles. The topological polar surface area (TPSA) is 54.4 Å². The number of halogens is 2. The van der Waals surface area contributed by atoms with Gasteiger partial charge in [0, 0.05) is 0 Å². The summed E-state index contributed by atoms with van der Waals surface area (Å²) < 4.78 is 29.6. The van der Waals surface area contributed by atoms with E-state index in [9.17, 15) is 8.42 Å². The van der Waals surface area contributed by atoms with E-state index in [2.05, 4.69) is 44.0 Å². The number of alkyl halides is 2. The van der Waals surface area contributed by atoms with Gasteiger partial charge in [-0.2, -0.15) is 8.42 Å². The summed E-state index contributed by atoms with van der Waals surface area (Å²) in [6.07, 6.45) is 8.07. The number of unbranched alkanes of at least 4 members (excludes halogenated alkanes) is 6. The van der Waals surface area contributed by atoms with Gasteiger partial charge in [-0.15, -0.1) is 0 Å². The van der Waals surface area contributed by atoms with E-state index in [1.807, 2.05) is 18.2 Å². The van der Waals surface area contributed by atoms with Crippen molar-refractivity contribution in [2.75, 3.05) is 5.75 Å². The van der Waals surface area contributed by atoms with E-state index in [0.29, 0.717) is 6.42 Å². The average Bonchev–Trinajstić information content (AvgIpc) is 2.45. The second-order valence-corrected chi connectivity index (χ2v) is 10.9. The predicted octanol–water partition coefficient (Wildman–Crippen LogP) is 5.64. The lowest BCUT2D eigenvalue weighted by atomic mass is 10.0. The maximum atomic E-state index is 10.6. The first kappa shape index (κ1) is 20.1. The first-order chi connectivity index (χ1) is 10.3. The summed E-state index contributed by atoms with van der Waals surface area (Å²) in [5.41, 5.74) is 1.24. The van der Waals surface area contributed by atoms with Crippen molar-refractivity contribution in [3.63, 3.8) is 0 Å². The summed E-state index contributed by atoms with van der Waals surface area (Å²) in [4.78, 5) is 0. The van der Waals surface area contributed by atoms with Gasteiger partial charge in [0.25, 0.3) is 10.1 Å². The highest BCUT2D eigenvalue weighted by atomic mass is 79.9. The number of rotatable bonds is 11. The van der Waals surface area contributed by atoms with Gasteiger partial charge in [0.2, 0.25) is 0 Å². The van der Waals surface area contributed by atoms with Crippen molar-refractivity contribution in [2.24, 2.45) is 0 Å². The Morgan fingerprint density at radius 3 is 1.91 bits per heavy atom. The number of benzene rings is 1. The van der Waals surface area contributed by atoms with E-state index < -0.39 is 10.1 Å². The van der Waals surface area contributed by atoms with Gasteiger partial charge in [-0.1, -0.05) is 101 Å².